The van der Waals surface area contributed by atoms with Crippen LogP contribution in [0.3, 0.4) is 0 Å². The average Bonchev–Trinajstić information content (AvgIpc) is 2.97. The summed E-state index contributed by atoms with van der Waals surface area (Å²) in [5, 5.41) is 12.3. The minimum Gasteiger partial charge on any atom is -0.416 e. The lowest BCUT2D eigenvalue weighted by Crippen LogP contribution is -2.26. The molecule has 21 heavy (non-hydrogen) atoms. The number of benzene rings is 1. The highest BCUT2D eigenvalue weighted by Gasteiger charge is 2.21. The molecule has 0 atom stereocenters. The van der Waals surface area contributed by atoms with Crippen molar-refractivity contribution in [3.8, 4) is 0 Å². The van der Waals surface area contributed by atoms with Gasteiger partial charge in [-0.05, 0) is 43.6 Å². The van der Waals surface area contributed by atoms with Gasteiger partial charge in [-0.15, -0.1) is 22.6 Å². The molecule has 4 nitrogen and oxygen atoms in total. The van der Waals surface area contributed by atoms with Gasteiger partial charge in [0, 0.05) is 16.1 Å². The molecule has 2 aromatic rings. The molecule has 0 aliphatic carbocycles. The zero-order valence-corrected chi connectivity index (χ0v) is 14.6. The Morgan fingerprint density at radius 1 is 1.19 bits per heavy atom. The van der Waals surface area contributed by atoms with Crippen molar-refractivity contribution in [2.24, 2.45) is 0 Å². The maximum atomic E-state index is 5.77. The molecule has 1 aromatic heterocycles. The summed E-state index contributed by atoms with van der Waals surface area (Å²) in [6.45, 7) is 2.07. The lowest BCUT2D eigenvalue weighted by atomic mass is 9.98. The topological polar surface area (TPSA) is 51.0 Å². The third-order valence-electron chi connectivity index (χ3n) is 3.39. The number of thioether (sulfide) groups is 1. The summed E-state index contributed by atoms with van der Waals surface area (Å²) >= 11 is 5.03. The van der Waals surface area contributed by atoms with Crippen molar-refractivity contribution in [3.05, 3.63) is 40.2 Å². The van der Waals surface area contributed by atoms with Crippen LogP contribution in [0.25, 0.3) is 0 Å². The zero-order chi connectivity index (χ0) is 13.8. The Kier molecular flexibility index (Phi) is 6.54. The monoisotopic (exact) mass is 389 g/mol. The molecule has 1 aliphatic heterocycles. The second-order valence-corrected chi connectivity index (χ2v) is 6.69. The lowest BCUT2D eigenvalue weighted by Gasteiger charge is -2.18. The van der Waals surface area contributed by atoms with Crippen molar-refractivity contribution >= 4 is 40.1 Å². The molecule has 0 saturated carbocycles. The van der Waals surface area contributed by atoms with Gasteiger partial charge in [-0.2, -0.15) is 0 Å². The molecule has 0 radical (unpaired) electrons. The van der Waals surface area contributed by atoms with E-state index in [1.165, 1.54) is 5.56 Å². The van der Waals surface area contributed by atoms with Crippen LogP contribution in [0.2, 0.25) is 0 Å². The van der Waals surface area contributed by atoms with Crippen molar-refractivity contribution in [1.29, 1.82) is 0 Å². The summed E-state index contributed by atoms with van der Waals surface area (Å²) in [5.41, 5.74) is 1.25. The van der Waals surface area contributed by atoms with E-state index in [1.807, 2.05) is 12.1 Å². The van der Waals surface area contributed by atoms with E-state index in [2.05, 4.69) is 43.6 Å². The number of halogens is 2. The third-order valence-corrected chi connectivity index (χ3v) is 4.80. The van der Waals surface area contributed by atoms with E-state index in [1.54, 1.807) is 11.8 Å². The van der Waals surface area contributed by atoms with Gasteiger partial charge in [0.2, 0.25) is 5.89 Å². The van der Waals surface area contributed by atoms with Gasteiger partial charge >= 0.3 is 0 Å². The molecule has 1 aromatic carbocycles. The van der Waals surface area contributed by atoms with Gasteiger partial charge in [-0.25, -0.2) is 0 Å². The first-order valence-corrected chi connectivity index (χ1v) is 8.50. The molecule has 7 heteroatoms. The normalized spacial score (nSPS) is 15.7. The van der Waals surface area contributed by atoms with Crippen LogP contribution in [0.4, 0.5) is 0 Å². The van der Waals surface area contributed by atoms with Crippen LogP contribution in [0, 0.1) is 0 Å². The molecular formula is C14H17BrClN3OS. The molecular weight excluding hydrogens is 374 g/mol. The number of rotatable bonds is 4. The van der Waals surface area contributed by atoms with Crippen LogP contribution in [-0.2, 0) is 5.75 Å². The van der Waals surface area contributed by atoms with Crippen molar-refractivity contribution in [3.63, 3.8) is 0 Å². The number of hydrogen-bond acceptors (Lipinski definition) is 5. The molecule has 114 valence electrons. The van der Waals surface area contributed by atoms with Crippen LogP contribution in [0.1, 0.15) is 30.2 Å². The maximum Gasteiger partial charge on any atom is 0.276 e. The Hall–Kier alpha value is -0.560. The third kappa shape index (κ3) is 4.71. The van der Waals surface area contributed by atoms with E-state index in [0.29, 0.717) is 11.1 Å². The van der Waals surface area contributed by atoms with Crippen molar-refractivity contribution in [2.75, 3.05) is 13.1 Å². The molecule has 0 spiro atoms. The zero-order valence-electron chi connectivity index (χ0n) is 11.4. The van der Waals surface area contributed by atoms with E-state index in [4.69, 9.17) is 4.42 Å². The average molecular weight is 391 g/mol. The molecule has 3 rings (SSSR count). The fraction of sp³-hybridized carbons (Fsp3) is 0.429. The van der Waals surface area contributed by atoms with Gasteiger partial charge in [0.05, 0.1) is 0 Å². The minimum atomic E-state index is 0. The molecule has 0 bridgehead atoms. The second kappa shape index (κ2) is 8.17. The lowest BCUT2D eigenvalue weighted by molar-refractivity contribution is 0.342. The Balaban J connectivity index is 0.00000161. The number of aromatic nitrogens is 2. The number of hydrogen-bond donors (Lipinski definition) is 1. The predicted molar refractivity (Wildman–Crippen MR) is 90.1 cm³/mol. The van der Waals surface area contributed by atoms with Gasteiger partial charge < -0.3 is 9.73 Å². The van der Waals surface area contributed by atoms with Gasteiger partial charge in [0.25, 0.3) is 5.22 Å². The van der Waals surface area contributed by atoms with Gasteiger partial charge in [-0.1, -0.05) is 39.8 Å². The van der Waals surface area contributed by atoms with Crippen LogP contribution < -0.4 is 5.32 Å². The maximum absolute atomic E-state index is 5.77. The molecule has 1 saturated heterocycles. The van der Waals surface area contributed by atoms with E-state index in [0.717, 1.165) is 42.0 Å². The summed E-state index contributed by atoms with van der Waals surface area (Å²) in [6.07, 6.45) is 2.16. The minimum absolute atomic E-state index is 0. The fourth-order valence-electron chi connectivity index (χ4n) is 2.24. The first kappa shape index (κ1) is 16.8. The number of piperidine rings is 1. The number of nitrogens with one attached hydrogen (secondary N) is 1. The summed E-state index contributed by atoms with van der Waals surface area (Å²) in [5.74, 6) is 2.07. The summed E-state index contributed by atoms with van der Waals surface area (Å²) in [4.78, 5) is 0. The highest BCUT2D eigenvalue weighted by Crippen LogP contribution is 2.28. The van der Waals surface area contributed by atoms with E-state index in [9.17, 15) is 0 Å². The Bertz CT molecular complexity index is 558. The quantitative estimate of drug-likeness (QED) is 0.799. The van der Waals surface area contributed by atoms with Gasteiger partial charge in [0.1, 0.15) is 0 Å². The Morgan fingerprint density at radius 3 is 2.62 bits per heavy atom. The Morgan fingerprint density at radius 2 is 1.90 bits per heavy atom. The van der Waals surface area contributed by atoms with Crippen molar-refractivity contribution in [2.45, 2.75) is 29.7 Å². The highest BCUT2D eigenvalue weighted by molar-refractivity contribution is 9.10. The molecule has 0 amide bonds. The van der Waals surface area contributed by atoms with E-state index < -0.39 is 0 Å². The van der Waals surface area contributed by atoms with Crippen LogP contribution >= 0.6 is 40.1 Å². The van der Waals surface area contributed by atoms with Gasteiger partial charge in [-0.3, -0.25) is 0 Å². The summed E-state index contributed by atoms with van der Waals surface area (Å²) in [6, 6.07) is 8.29. The van der Waals surface area contributed by atoms with Crippen molar-refractivity contribution < 1.29 is 4.42 Å². The SMILES string of the molecule is Brc1ccc(CSc2nnc(C3CCNCC3)o2)cc1.Cl. The van der Waals surface area contributed by atoms with Crippen LogP contribution in [-0.4, -0.2) is 23.3 Å². The molecule has 0 unspecified atom stereocenters. The van der Waals surface area contributed by atoms with Crippen LogP contribution in [0.5, 0.6) is 0 Å². The molecule has 1 aliphatic rings. The molecule has 1 fully saturated rings. The highest BCUT2D eigenvalue weighted by atomic mass is 79.9. The standard InChI is InChI=1S/C14H16BrN3OS.ClH/c15-12-3-1-10(2-4-12)9-20-14-18-17-13(19-14)11-5-7-16-8-6-11;/h1-4,11,16H,5-9H2;1H. The largest absolute Gasteiger partial charge is 0.416 e. The smallest absolute Gasteiger partial charge is 0.276 e. The van der Waals surface area contributed by atoms with E-state index in [-0.39, 0.29) is 12.4 Å². The summed E-state index contributed by atoms with van der Waals surface area (Å²) < 4.78 is 6.87. The first-order chi connectivity index (χ1) is 9.81. The van der Waals surface area contributed by atoms with Crippen molar-refractivity contribution in [1.82, 2.24) is 15.5 Å². The summed E-state index contributed by atoms with van der Waals surface area (Å²) in [7, 11) is 0. The fourth-order valence-corrected chi connectivity index (χ4v) is 3.23. The Labute approximate surface area is 143 Å². The molecule has 2 heterocycles. The second-order valence-electron chi connectivity index (χ2n) is 4.85. The van der Waals surface area contributed by atoms with Crippen LogP contribution in [0.15, 0.2) is 38.4 Å². The number of nitrogens with zero attached hydrogens (tertiary/aromatic N) is 2. The predicted octanol–water partition coefficient (Wildman–Crippen LogP) is 4.01. The van der Waals surface area contributed by atoms with E-state index >= 15 is 0 Å². The molecule has 1 N–H and O–H groups in total. The van der Waals surface area contributed by atoms with Gasteiger partial charge in [0.15, 0.2) is 0 Å². The first-order valence-electron chi connectivity index (χ1n) is 6.72.